The van der Waals surface area contributed by atoms with Crippen LogP contribution in [0.2, 0.25) is 0 Å². The number of amides is 1. The van der Waals surface area contributed by atoms with Gasteiger partial charge in [0.2, 0.25) is 5.91 Å². The molecule has 0 fully saturated rings. The van der Waals surface area contributed by atoms with Gasteiger partial charge in [-0.15, -0.1) is 0 Å². The molecule has 0 saturated heterocycles. The highest BCUT2D eigenvalue weighted by Gasteiger charge is 2.14. The van der Waals surface area contributed by atoms with E-state index < -0.39 is 22.5 Å². The Morgan fingerprint density at radius 1 is 1.28 bits per heavy atom. The van der Waals surface area contributed by atoms with E-state index in [1.54, 1.807) is 36.5 Å². The first-order valence-electron chi connectivity index (χ1n) is 9.55. The van der Waals surface area contributed by atoms with Crippen molar-refractivity contribution in [3.05, 3.63) is 81.2 Å². The molecule has 10 heteroatoms. The van der Waals surface area contributed by atoms with Crippen molar-refractivity contribution >= 4 is 44.9 Å². The maximum absolute atomic E-state index is 12.7. The van der Waals surface area contributed by atoms with Crippen molar-refractivity contribution in [2.45, 2.75) is 13.3 Å². The van der Waals surface area contributed by atoms with Crippen molar-refractivity contribution in [3.8, 4) is 10.9 Å². The molecule has 2 aromatic heterocycles. The van der Waals surface area contributed by atoms with Gasteiger partial charge in [0, 0.05) is 40.7 Å². The Bertz CT molecular complexity index is 1370. The Labute approximate surface area is 189 Å². The highest BCUT2D eigenvalue weighted by atomic mass is 32.2. The lowest BCUT2D eigenvalue weighted by atomic mass is 9.99. The monoisotopic (exact) mass is 469 g/mol. The Hall–Kier alpha value is -3.50. The van der Waals surface area contributed by atoms with E-state index in [0.29, 0.717) is 34.2 Å². The minimum atomic E-state index is -1.62. The molecule has 4 aromatic rings. The second-order valence-electron chi connectivity index (χ2n) is 6.99. The number of carbonyl (C=O) groups excluding carboxylic acids is 1. The highest BCUT2D eigenvalue weighted by molar-refractivity contribution is 7.87. The van der Waals surface area contributed by atoms with Gasteiger partial charge >= 0.3 is 5.63 Å². The van der Waals surface area contributed by atoms with Crippen LogP contribution in [0, 0.1) is 6.92 Å². The Balaban J connectivity index is 1.59. The summed E-state index contributed by atoms with van der Waals surface area (Å²) in [5.41, 5.74) is 7.80. The first-order chi connectivity index (χ1) is 15.4. The molecule has 4 rings (SSSR count). The number of ether oxygens (including phenoxy) is 1. The lowest BCUT2D eigenvalue weighted by Crippen LogP contribution is -2.23. The lowest BCUT2D eigenvalue weighted by molar-refractivity contribution is -0.115. The fourth-order valence-electron chi connectivity index (χ4n) is 3.25. The molecule has 8 nitrogen and oxygen atoms in total. The number of nitrogens with two attached hydrogens (primary N) is 1. The average Bonchev–Trinajstić information content (AvgIpc) is 3.23. The fourth-order valence-corrected chi connectivity index (χ4v) is 4.47. The Morgan fingerprint density at radius 3 is 2.88 bits per heavy atom. The molecule has 0 spiro atoms. The number of carbonyl (C=O) groups is 1. The molecular weight excluding hydrogens is 450 g/mol. The molecule has 0 saturated carbocycles. The van der Waals surface area contributed by atoms with Crippen molar-refractivity contribution in [2.75, 3.05) is 10.5 Å². The number of anilines is 1. The SMILES string of the molecule is Cc1c(Cc2cccc(NS(=O)CC(N)=O)c2)c(=O)oc2cc(Oc3nccs3)ccc12. The van der Waals surface area contributed by atoms with Crippen molar-refractivity contribution in [2.24, 2.45) is 5.73 Å². The van der Waals surface area contributed by atoms with Gasteiger partial charge < -0.3 is 19.6 Å². The van der Waals surface area contributed by atoms with Gasteiger partial charge in [0.15, 0.2) is 0 Å². The minimum absolute atomic E-state index is 0.286. The van der Waals surface area contributed by atoms with E-state index in [1.807, 2.05) is 24.4 Å². The number of aryl methyl sites for hydroxylation is 1. The molecule has 2 aromatic carbocycles. The van der Waals surface area contributed by atoms with Gasteiger partial charge in [0.05, 0.1) is 0 Å². The van der Waals surface area contributed by atoms with Gasteiger partial charge in [0.25, 0.3) is 5.19 Å². The number of benzene rings is 2. The summed E-state index contributed by atoms with van der Waals surface area (Å²) in [6.45, 7) is 1.87. The van der Waals surface area contributed by atoms with Crippen molar-refractivity contribution in [1.29, 1.82) is 0 Å². The van der Waals surface area contributed by atoms with Crippen LogP contribution in [-0.4, -0.2) is 20.9 Å². The predicted octanol–water partition coefficient (Wildman–Crippen LogP) is 3.50. The summed E-state index contributed by atoms with van der Waals surface area (Å²) < 4.78 is 25.9. The van der Waals surface area contributed by atoms with Crippen LogP contribution in [0.5, 0.6) is 10.9 Å². The van der Waals surface area contributed by atoms with Crippen LogP contribution in [0.1, 0.15) is 16.7 Å². The van der Waals surface area contributed by atoms with Crippen LogP contribution in [0.25, 0.3) is 11.0 Å². The molecule has 0 aliphatic carbocycles. The molecular formula is C22H19N3O5S2. The maximum Gasteiger partial charge on any atom is 0.340 e. The maximum atomic E-state index is 12.7. The second-order valence-corrected chi connectivity index (χ2v) is 9.03. The van der Waals surface area contributed by atoms with E-state index in [9.17, 15) is 13.8 Å². The number of fused-ring (bicyclic) bond motifs is 1. The van der Waals surface area contributed by atoms with Crippen LogP contribution in [-0.2, 0) is 22.2 Å². The molecule has 3 N–H and O–H groups in total. The molecule has 0 bridgehead atoms. The topological polar surface area (TPSA) is 125 Å². The Kier molecular flexibility index (Phi) is 6.33. The first kappa shape index (κ1) is 21.7. The normalized spacial score (nSPS) is 11.9. The number of hydrogen-bond donors (Lipinski definition) is 2. The van der Waals surface area contributed by atoms with E-state index >= 15 is 0 Å². The number of rotatable bonds is 8. The predicted molar refractivity (Wildman–Crippen MR) is 124 cm³/mol. The largest absolute Gasteiger partial charge is 0.431 e. The van der Waals surface area contributed by atoms with Crippen LogP contribution < -0.4 is 20.8 Å². The lowest BCUT2D eigenvalue weighted by Gasteiger charge is -2.10. The van der Waals surface area contributed by atoms with Crippen molar-refractivity contribution < 1.29 is 18.2 Å². The third-order valence-electron chi connectivity index (χ3n) is 4.69. The zero-order valence-electron chi connectivity index (χ0n) is 17.0. The molecule has 1 amide bonds. The number of nitrogens with zero attached hydrogens (tertiary/aromatic N) is 1. The smallest absolute Gasteiger partial charge is 0.340 e. The van der Waals surface area contributed by atoms with Crippen molar-refractivity contribution in [1.82, 2.24) is 4.98 Å². The minimum Gasteiger partial charge on any atom is -0.431 e. The molecule has 0 aliphatic heterocycles. The first-order valence-corrected chi connectivity index (χ1v) is 11.7. The second kappa shape index (κ2) is 9.33. The number of hydrogen-bond acceptors (Lipinski definition) is 7. The molecule has 1 atom stereocenters. The van der Waals surface area contributed by atoms with Gasteiger partial charge in [-0.3, -0.25) is 4.79 Å². The third kappa shape index (κ3) is 5.04. The molecule has 2 heterocycles. The zero-order valence-corrected chi connectivity index (χ0v) is 18.6. The summed E-state index contributed by atoms with van der Waals surface area (Å²) in [6.07, 6.45) is 1.98. The number of primary amides is 1. The third-order valence-corrected chi connectivity index (χ3v) is 6.34. The molecule has 0 radical (unpaired) electrons. The average molecular weight is 470 g/mol. The van der Waals surface area contributed by atoms with E-state index in [2.05, 4.69) is 9.71 Å². The zero-order chi connectivity index (χ0) is 22.7. The number of aromatic nitrogens is 1. The number of nitrogens with one attached hydrogen (secondary N) is 1. The molecule has 32 heavy (non-hydrogen) atoms. The van der Waals surface area contributed by atoms with Gasteiger partial charge in [-0.2, -0.15) is 0 Å². The summed E-state index contributed by atoms with van der Waals surface area (Å²) in [5.74, 6) is -0.409. The van der Waals surface area contributed by atoms with Gasteiger partial charge in [-0.1, -0.05) is 23.5 Å². The van der Waals surface area contributed by atoms with Gasteiger partial charge in [0.1, 0.15) is 28.1 Å². The van der Waals surface area contributed by atoms with Crippen LogP contribution in [0.4, 0.5) is 5.69 Å². The highest BCUT2D eigenvalue weighted by Crippen LogP contribution is 2.29. The van der Waals surface area contributed by atoms with Crippen LogP contribution in [0.3, 0.4) is 0 Å². The van der Waals surface area contributed by atoms with Crippen LogP contribution in [0.15, 0.2) is 63.3 Å². The standard InChI is InChI=1S/C22H19N3O5S2/c1-13-17-6-5-16(29-22-24-7-8-31-22)11-19(17)30-21(27)18(13)10-14-3-2-4-15(9-14)25-32(28)12-20(23)26/h2-9,11,25H,10,12H2,1H3,(H2,23,26). The summed E-state index contributed by atoms with van der Waals surface area (Å²) >= 11 is 1.37. The van der Waals surface area contributed by atoms with Gasteiger partial charge in [-0.25, -0.2) is 14.0 Å². The van der Waals surface area contributed by atoms with E-state index in [4.69, 9.17) is 14.9 Å². The van der Waals surface area contributed by atoms with E-state index in [0.717, 1.165) is 16.5 Å². The van der Waals surface area contributed by atoms with E-state index in [1.165, 1.54) is 11.3 Å². The quantitative estimate of drug-likeness (QED) is 0.381. The summed E-state index contributed by atoms with van der Waals surface area (Å²) in [5, 5.41) is 3.13. The summed E-state index contributed by atoms with van der Waals surface area (Å²) in [7, 11) is -1.62. The van der Waals surface area contributed by atoms with Gasteiger partial charge in [-0.05, 0) is 42.3 Å². The molecule has 1 unspecified atom stereocenters. The van der Waals surface area contributed by atoms with Crippen molar-refractivity contribution in [3.63, 3.8) is 0 Å². The summed E-state index contributed by atoms with van der Waals surface area (Å²) in [6, 6.07) is 12.5. The summed E-state index contributed by atoms with van der Waals surface area (Å²) in [4.78, 5) is 27.7. The molecule has 0 aliphatic rings. The number of thiazole rings is 1. The molecule has 164 valence electrons. The van der Waals surface area contributed by atoms with Crippen LogP contribution >= 0.6 is 11.3 Å². The van der Waals surface area contributed by atoms with E-state index in [-0.39, 0.29) is 5.75 Å². The fraction of sp³-hybridized carbons (Fsp3) is 0.136. The Morgan fingerprint density at radius 2 is 2.12 bits per heavy atom.